The molecule has 0 bridgehead atoms. The molecule has 314 valence electrons. The Labute approximate surface area is 387 Å². The molecule has 0 atom stereocenters. The van der Waals surface area contributed by atoms with Crippen molar-refractivity contribution in [3.63, 3.8) is 0 Å². The van der Waals surface area contributed by atoms with E-state index in [1.807, 2.05) is 0 Å². The zero-order valence-corrected chi connectivity index (χ0v) is 37.9. The Balaban J connectivity index is 1.16. The van der Waals surface area contributed by atoms with Crippen molar-refractivity contribution in [2.24, 2.45) is 0 Å². The molecule has 0 aromatic heterocycles. The fourth-order valence-corrected chi connectivity index (χ4v) is 10.6. The number of hydrogen-bond acceptors (Lipinski definition) is 0. The second kappa shape index (κ2) is 16.0. The first kappa shape index (κ1) is 39.8. The molecule has 0 N–H and O–H groups in total. The second-order valence-electron chi connectivity index (χ2n) is 18.8. The van der Waals surface area contributed by atoms with Crippen molar-refractivity contribution < 1.29 is 0 Å². The van der Waals surface area contributed by atoms with E-state index in [1.54, 1.807) is 0 Å². The minimum atomic E-state index is 0.414. The van der Waals surface area contributed by atoms with Crippen LogP contribution in [0.15, 0.2) is 218 Å². The Morgan fingerprint density at radius 1 is 0.197 bits per heavy atom. The van der Waals surface area contributed by atoms with Gasteiger partial charge >= 0.3 is 0 Å². The molecule has 0 heterocycles. The lowest BCUT2D eigenvalue weighted by Gasteiger charge is -2.19. The van der Waals surface area contributed by atoms with Gasteiger partial charge in [0.2, 0.25) is 0 Å². The summed E-state index contributed by atoms with van der Waals surface area (Å²) in [6.07, 6.45) is 0. The van der Waals surface area contributed by atoms with Crippen molar-refractivity contribution in [2.45, 2.75) is 39.5 Å². The van der Waals surface area contributed by atoms with E-state index in [4.69, 9.17) is 0 Å². The molecular formula is C66H50. The number of rotatable bonds is 7. The fourth-order valence-electron chi connectivity index (χ4n) is 10.6. The Bertz CT molecular complexity index is 3820. The van der Waals surface area contributed by atoms with Crippen LogP contribution in [0.5, 0.6) is 0 Å². The van der Waals surface area contributed by atoms with Crippen LogP contribution in [0.25, 0.3) is 120 Å². The molecule has 12 rings (SSSR count). The van der Waals surface area contributed by atoms with E-state index in [9.17, 15) is 0 Å². The summed E-state index contributed by atoms with van der Waals surface area (Å²) in [6, 6.07) is 82.2. The summed E-state index contributed by atoms with van der Waals surface area (Å²) < 4.78 is 0. The van der Waals surface area contributed by atoms with Crippen molar-refractivity contribution in [3.05, 3.63) is 230 Å². The molecule has 66 heavy (non-hydrogen) atoms. The van der Waals surface area contributed by atoms with E-state index in [2.05, 4.69) is 246 Å². The van der Waals surface area contributed by atoms with Crippen molar-refractivity contribution in [1.29, 1.82) is 0 Å². The van der Waals surface area contributed by atoms with Gasteiger partial charge in [0.1, 0.15) is 0 Å². The topological polar surface area (TPSA) is 0 Å². The summed E-state index contributed by atoms with van der Waals surface area (Å²) >= 11 is 0. The predicted octanol–water partition coefficient (Wildman–Crippen LogP) is 19.2. The van der Waals surface area contributed by atoms with Crippen LogP contribution in [-0.4, -0.2) is 0 Å². The second-order valence-corrected chi connectivity index (χ2v) is 18.8. The standard InChI is InChI=1S/C66H50/c1-41(2)47-25-29-51-55(43-17-9-5-10-18-43)37-63-54-32-28-49(35-59(54)58(40-64(63)60(51)33-47)46-23-15-8-16-24-46)50-27-31-53-57(45-21-13-7-14-22-45)38-65-61-34-48(42(3)4)26-30-52(61)56(39-66(65)62(53)36-50)44-19-11-6-12-20-44/h5-42H,1-4H3. The molecule has 0 fully saturated rings. The van der Waals surface area contributed by atoms with E-state index in [1.165, 1.54) is 131 Å². The maximum absolute atomic E-state index is 2.47. The lowest BCUT2D eigenvalue weighted by atomic mass is 9.84. The average molecular weight is 843 g/mol. The monoisotopic (exact) mass is 842 g/mol. The van der Waals surface area contributed by atoms with Gasteiger partial charge in [0, 0.05) is 0 Å². The molecule has 0 nitrogen and oxygen atoms in total. The molecule has 0 unspecified atom stereocenters. The third-order valence-corrected chi connectivity index (χ3v) is 14.2. The van der Waals surface area contributed by atoms with Crippen LogP contribution < -0.4 is 0 Å². The average Bonchev–Trinajstić information content (AvgIpc) is 3.38. The highest BCUT2D eigenvalue weighted by Gasteiger charge is 2.19. The van der Waals surface area contributed by atoms with Gasteiger partial charge in [-0.2, -0.15) is 0 Å². The van der Waals surface area contributed by atoms with Crippen LogP contribution in [0.4, 0.5) is 0 Å². The highest BCUT2D eigenvalue weighted by molar-refractivity contribution is 6.26. The maximum Gasteiger partial charge on any atom is -0.00921 e. The molecule has 0 aliphatic heterocycles. The molecule has 12 aromatic carbocycles. The maximum atomic E-state index is 2.47. The summed E-state index contributed by atoms with van der Waals surface area (Å²) in [5.41, 5.74) is 15.1. The Morgan fingerprint density at radius 3 is 0.833 bits per heavy atom. The Hall–Kier alpha value is -7.80. The molecule has 0 saturated carbocycles. The lowest BCUT2D eigenvalue weighted by Crippen LogP contribution is -1.93. The van der Waals surface area contributed by atoms with Gasteiger partial charge in [-0.15, -0.1) is 0 Å². The SMILES string of the molecule is CC(C)c1ccc2c(-c3ccccc3)cc3c4ccc(-c5ccc6c(-c7ccccc7)cc7c8cc(C(C)C)ccc8c(-c8ccccc8)cc7c6c5)cc4c(-c4ccccc4)cc3c2c1. The van der Waals surface area contributed by atoms with Crippen LogP contribution in [0.3, 0.4) is 0 Å². The molecule has 0 spiro atoms. The first-order valence-corrected chi connectivity index (χ1v) is 23.5. The zero-order valence-electron chi connectivity index (χ0n) is 37.9. The van der Waals surface area contributed by atoms with Crippen LogP contribution in [0, 0.1) is 0 Å². The number of hydrogen-bond donors (Lipinski definition) is 0. The molecule has 0 aliphatic carbocycles. The van der Waals surface area contributed by atoms with Crippen molar-refractivity contribution in [1.82, 2.24) is 0 Å². The molecule has 0 heteroatoms. The first-order valence-electron chi connectivity index (χ1n) is 23.5. The minimum Gasteiger partial charge on any atom is -0.0622 e. The smallest absolute Gasteiger partial charge is 0.00921 e. The minimum absolute atomic E-state index is 0.414. The van der Waals surface area contributed by atoms with Gasteiger partial charge in [0.25, 0.3) is 0 Å². The Morgan fingerprint density at radius 2 is 0.470 bits per heavy atom. The Kier molecular flexibility index (Phi) is 9.65. The van der Waals surface area contributed by atoms with Crippen molar-refractivity contribution in [3.8, 4) is 55.6 Å². The molecule has 0 aliphatic rings. The number of benzene rings is 12. The molecule has 12 aromatic rings. The molecule has 0 saturated heterocycles. The van der Waals surface area contributed by atoms with Gasteiger partial charge in [-0.3, -0.25) is 0 Å². The van der Waals surface area contributed by atoms with Gasteiger partial charge in [-0.25, -0.2) is 0 Å². The van der Waals surface area contributed by atoms with E-state index >= 15 is 0 Å². The van der Waals surface area contributed by atoms with Gasteiger partial charge < -0.3 is 0 Å². The van der Waals surface area contributed by atoms with Crippen molar-refractivity contribution in [2.75, 3.05) is 0 Å². The first-order chi connectivity index (χ1) is 32.4. The van der Waals surface area contributed by atoms with Gasteiger partial charge in [-0.05, 0) is 180 Å². The van der Waals surface area contributed by atoms with E-state index in [0.29, 0.717) is 11.8 Å². The normalized spacial score (nSPS) is 11.9. The third-order valence-electron chi connectivity index (χ3n) is 14.2. The summed E-state index contributed by atoms with van der Waals surface area (Å²) in [5.74, 6) is 0.836. The van der Waals surface area contributed by atoms with Gasteiger partial charge in [0.15, 0.2) is 0 Å². The number of fused-ring (bicyclic) bond motifs is 10. The van der Waals surface area contributed by atoms with Crippen LogP contribution in [-0.2, 0) is 0 Å². The highest BCUT2D eigenvalue weighted by Crippen LogP contribution is 2.46. The van der Waals surface area contributed by atoms with Crippen LogP contribution in [0.2, 0.25) is 0 Å². The predicted molar refractivity (Wildman–Crippen MR) is 287 cm³/mol. The molecule has 0 radical (unpaired) electrons. The fraction of sp³-hybridized carbons (Fsp3) is 0.0909. The third kappa shape index (κ3) is 6.67. The van der Waals surface area contributed by atoms with Gasteiger partial charge in [-0.1, -0.05) is 210 Å². The van der Waals surface area contributed by atoms with Gasteiger partial charge in [0.05, 0.1) is 0 Å². The summed E-state index contributed by atoms with van der Waals surface area (Å²) in [6.45, 7) is 9.18. The largest absolute Gasteiger partial charge is 0.0622 e. The quantitative estimate of drug-likeness (QED) is 0.140. The van der Waals surface area contributed by atoms with E-state index in [0.717, 1.165) is 0 Å². The summed E-state index contributed by atoms with van der Waals surface area (Å²) in [4.78, 5) is 0. The van der Waals surface area contributed by atoms with Crippen LogP contribution >= 0.6 is 0 Å². The summed E-state index contributed by atoms with van der Waals surface area (Å²) in [7, 11) is 0. The highest BCUT2D eigenvalue weighted by atomic mass is 14.2. The van der Waals surface area contributed by atoms with E-state index < -0.39 is 0 Å². The summed E-state index contributed by atoms with van der Waals surface area (Å²) in [5, 5.41) is 15.4. The molecule has 0 amide bonds. The lowest BCUT2D eigenvalue weighted by molar-refractivity contribution is 0.869. The van der Waals surface area contributed by atoms with E-state index in [-0.39, 0.29) is 0 Å². The zero-order chi connectivity index (χ0) is 44.5. The molecular weight excluding hydrogens is 793 g/mol. The van der Waals surface area contributed by atoms with Crippen LogP contribution in [0.1, 0.15) is 50.7 Å². The van der Waals surface area contributed by atoms with Crippen molar-refractivity contribution >= 4 is 64.6 Å².